The van der Waals surface area contributed by atoms with Crippen LogP contribution < -0.4 is 10.5 Å². The molecule has 0 radical (unpaired) electrons. The third-order valence-corrected chi connectivity index (χ3v) is 8.18. The first kappa shape index (κ1) is 33.7. The summed E-state index contributed by atoms with van der Waals surface area (Å²) in [6.45, 7) is 13.3. The molecule has 0 atom stereocenters. The molecule has 2 aromatic heterocycles. The number of methoxy groups -OCH3 is 1. The van der Waals surface area contributed by atoms with Crippen LogP contribution in [0.2, 0.25) is 0 Å². The molecule has 2 aromatic carbocycles. The molecule has 4 rings (SSSR count). The van der Waals surface area contributed by atoms with Crippen molar-refractivity contribution in [3.8, 4) is 5.75 Å². The van der Waals surface area contributed by atoms with Gasteiger partial charge in [0.25, 0.3) is 0 Å². The van der Waals surface area contributed by atoms with Crippen LogP contribution in [0.1, 0.15) is 65.3 Å². The molecule has 1 amide bonds. The van der Waals surface area contributed by atoms with Crippen molar-refractivity contribution in [2.24, 2.45) is 0 Å². The summed E-state index contributed by atoms with van der Waals surface area (Å²) in [4.78, 5) is 39.5. The second-order valence-electron chi connectivity index (χ2n) is 11.9. The SMILES string of the molecule is CCCCc1nc2c(N)nc3ccccc3c2n1CCCN(Cc1cccc(OC(C)(C)C(=O)OC)c1)C(=O)CN(CC)CC. The number of imidazole rings is 1. The normalized spacial score (nSPS) is 11.8. The Bertz CT molecular complexity index is 1610. The number of nitrogens with two attached hydrogens (primary N) is 1. The summed E-state index contributed by atoms with van der Waals surface area (Å²) in [7, 11) is 1.34. The van der Waals surface area contributed by atoms with Crippen LogP contribution in [0.4, 0.5) is 5.82 Å². The molecule has 10 nitrogen and oxygen atoms in total. The second kappa shape index (κ2) is 15.2. The van der Waals surface area contributed by atoms with Gasteiger partial charge in [0, 0.05) is 31.4 Å². The number of carbonyl (C=O) groups excluding carboxylic acids is 2. The zero-order valence-corrected chi connectivity index (χ0v) is 27.6. The van der Waals surface area contributed by atoms with Crippen molar-refractivity contribution in [3.63, 3.8) is 0 Å². The average molecular weight is 617 g/mol. The van der Waals surface area contributed by atoms with E-state index < -0.39 is 11.6 Å². The molecule has 2 heterocycles. The van der Waals surface area contributed by atoms with Gasteiger partial charge in [-0.1, -0.05) is 57.5 Å². The number of amides is 1. The van der Waals surface area contributed by atoms with E-state index in [1.807, 2.05) is 47.4 Å². The van der Waals surface area contributed by atoms with E-state index in [4.69, 9.17) is 20.2 Å². The van der Waals surface area contributed by atoms with Crippen LogP contribution >= 0.6 is 0 Å². The van der Waals surface area contributed by atoms with Gasteiger partial charge in [-0.15, -0.1) is 0 Å². The Hall–Kier alpha value is -4.18. The van der Waals surface area contributed by atoms with Crippen molar-refractivity contribution >= 4 is 39.6 Å². The first-order valence-corrected chi connectivity index (χ1v) is 16.0. The van der Waals surface area contributed by atoms with Gasteiger partial charge in [-0.2, -0.15) is 0 Å². The van der Waals surface area contributed by atoms with Crippen LogP contribution in [0.25, 0.3) is 21.9 Å². The van der Waals surface area contributed by atoms with E-state index in [1.165, 1.54) is 7.11 Å². The quantitative estimate of drug-likeness (QED) is 0.162. The van der Waals surface area contributed by atoms with Crippen LogP contribution in [-0.2, 0) is 33.8 Å². The molecule has 0 bridgehead atoms. The van der Waals surface area contributed by atoms with E-state index in [1.54, 1.807) is 13.8 Å². The summed E-state index contributed by atoms with van der Waals surface area (Å²) in [5, 5.41) is 1.03. The number of anilines is 1. The van der Waals surface area contributed by atoms with Gasteiger partial charge in [-0.25, -0.2) is 14.8 Å². The molecule has 0 aliphatic rings. The van der Waals surface area contributed by atoms with Gasteiger partial charge in [0.1, 0.15) is 17.1 Å². The number of nitrogen functional groups attached to an aromatic ring is 1. The predicted molar refractivity (Wildman–Crippen MR) is 179 cm³/mol. The van der Waals surface area contributed by atoms with Crippen LogP contribution in [0.5, 0.6) is 5.75 Å². The largest absolute Gasteiger partial charge is 0.476 e. The zero-order chi connectivity index (χ0) is 32.6. The number of nitrogens with zero attached hydrogens (tertiary/aromatic N) is 5. The van der Waals surface area contributed by atoms with Crippen molar-refractivity contribution in [3.05, 3.63) is 59.9 Å². The van der Waals surface area contributed by atoms with Gasteiger partial charge in [-0.3, -0.25) is 9.69 Å². The number of unbranched alkanes of at least 4 members (excludes halogenated alkanes) is 1. The van der Waals surface area contributed by atoms with E-state index >= 15 is 0 Å². The molecule has 0 spiro atoms. The maximum atomic E-state index is 13.7. The molecule has 0 saturated heterocycles. The summed E-state index contributed by atoms with van der Waals surface area (Å²) in [6.07, 6.45) is 3.66. The Morgan fingerprint density at radius 3 is 2.47 bits per heavy atom. The fourth-order valence-corrected chi connectivity index (χ4v) is 5.63. The highest BCUT2D eigenvalue weighted by molar-refractivity contribution is 6.06. The minimum absolute atomic E-state index is 0.0699. The Kier molecular flexibility index (Phi) is 11.4. The molecule has 0 fully saturated rings. The third kappa shape index (κ3) is 8.11. The van der Waals surface area contributed by atoms with Crippen molar-refractivity contribution < 1.29 is 19.1 Å². The number of carbonyl (C=O) groups is 2. The Morgan fingerprint density at radius 1 is 1.00 bits per heavy atom. The standard InChI is InChI=1S/C35H48N6O4/c1-7-10-19-29-38-31-32(27-17-11-12-18-28(27)37-33(31)36)41(29)21-14-20-40(30(42)24-39(8-2)9-3)23-25-15-13-16-26(22-25)45-35(4,5)34(43)44-6/h11-13,15-18,22H,7-10,14,19-21,23-24H2,1-6H3,(H2,36,37). The molecular formula is C35H48N6O4. The maximum absolute atomic E-state index is 13.7. The molecule has 0 saturated carbocycles. The summed E-state index contributed by atoms with van der Waals surface area (Å²) in [5.74, 6) is 1.59. The first-order chi connectivity index (χ1) is 21.6. The fourth-order valence-electron chi connectivity index (χ4n) is 5.63. The monoisotopic (exact) mass is 616 g/mol. The van der Waals surface area contributed by atoms with E-state index in [9.17, 15) is 9.59 Å². The maximum Gasteiger partial charge on any atom is 0.349 e. The number of benzene rings is 2. The smallest absolute Gasteiger partial charge is 0.349 e. The number of hydrogen-bond acceptors (Lipinski definition) is 8. The lowest BCUT2D eigenvalue weighted by Crippen LogP contribution is -2.40. The van der Waals surface area contributed by atoms with Gasteiger partial charge < -0.3 is 24.7 Å². The summed E-state index contributed by atoms with van der Waals surface area (Å²) < 4.78 is 13.2. The number of aryl methyl sites for hydroxylation is 2. The highest BCUT2D eigenvalue weighted by Gasteiger charge is 2.31. The minimum atomic E-state index is -1.14. The molecule has 0 aliphatic heterocycles. The molecule has 0 aliphatic carbocycles. The number of para-hydroxylation sites is 1. The van der Waals surface area contributed by atoms with Crippen molar-refractivity contribution in [1.82, 2.24) is 24.3 Å². The van der Waals surface area contributed by atoms with Crippen LogP contribution in [-0.4, -0.2) is 75.1 Å². The average Bonchev–Trinajstić information content (AvgIpc) is 3.40. The number of esters is 1. The van der Waals surface area contributed by atoms with E-state index in [0.717, 1.165) is 72.1 Å². The van der Waals surface area contributed by atoms with Gasteiger partial charge in [0.15, 0.2) is 11.4 Å². The van der Waals surface area contributed by atoms with Gasteiger partial charge >= 0.3 is 5.97 Å². The topological polar surface area (TPSA) is 116 Å². The van der Waals surface area contributed by atoms with E-state index in [2.05, 4.69) is 41.3 Å². The Morgan fingerprint density at radius 2 is 1.76 bits per heavy atom. The lowest BCUT2D eigenvalue weighted by molar-refractivity contribution is -0.156. The van der Waals surface area contributed by atoms with Crippen molar-refractivity contribution in [2.45, 2.75) is 79.0 Å². The van der Waals surface area contributed by atoms with Crippen molar-refractivity contribution in [2.75, 3.05) is 39.0 Å². The first-order valence-electron chi connectivity index (χ1n) is 16.0. The number of ether oxygens (including phenoxy) is 2. The molecule has 2 N–H and O–H groups in total. The van der Waals surface area contributed by atoms with E-state index in [0.29, 0.717) is 37.7 Å². The number of likely N-dealkylation sites (N-methyl/N-ethyl adjacent to an activating group) is 1. The fraction of sp³-hybridized carbons (Fsp3) is 0.486. The van der Waals surface area contributed by atoms with Gasteiger partial charge in [0.2, 0.25) is 5.91 Å². The summed E-state index contributed by atoms with van der Waals surface area (Å²) in [5.41, 5.74) is 8.77. The van der Waals surface area contributed by atoms with Gasteiger partial charge in [-0.05, 0) is 63.5 Å². The third-order valence-electron chi connectivity index (χ3n) is 8.18. The highest BCUT2D eigenvalue weighted by Crippen LogP contribution is 2.30. The lowest BCUT2D eigenvalue weighted by Gasteiger charge is -2.27. The molecular weight excluding hydrogens is 568 g/mol. The molecule has 10 heteroatoms. The Balaban J connectivity index is 1.61. The predicted octanol–water partition coefficient (Wildman–Crippen LogP) is 5.60. The number of pyridine rings is 1. The van der Waals surface area contributed by atoms with Crippen molar-refractivity contribution in [1.29, 1.82) is 0 Å². The Labute approximate surface area is 266 Å². The zero-order valence-electron chi connectivity index (χ0n) is 27.6. The summed E-state index contributed by atoms with van der Waals surface area (Å²) >= 11 is 0. The van der Waals surface area contributed by atoms with Crippen LogP contribution in [0, 0.1) is 0 Å². The molecule has 242 valence electrons. The second-order valence-corrected chi connectivity index (χ2v) is 11.9. The number of rotatable bonds is 16. The minimum Gasteiger partial charge on any atom is -0.476 e. The lowest BCUT2D eigenvalue weighted by atomic mass is 10.1. The molecule has 4 aromatic rings. The van der Waals surface area contributed by atoms with Gasteiger partial charge in [0.05, 0.1) is 24.7 Å². The molecule has 0 unspecified atom stereocenters. The highest BCUT2D eigenvalue weighted by atomic mass is 16.6. The summed E-state index contributed by atoms with van der Waals surface area (Å²) in [6, 6.07) is 15.6. The van der Waals surface area contributed by atoms with Crippen LogP contribution in [0.15, 0.2) is 48.5 Å². The van der Waals surface area contributed by atoms with Crippen LogP contribution in [0.3, 0.4) is 0 Å². The molecule has 45 heavy (non-hydrogen) atoms. The van der Waals surface area contributed by atoms with E-state index in [-0.39, 0.29) is 5.91 Å². The number of fused-ring (bicyclic) bond motifs is 3. The number of aromatic nitrogens is 3. The number of hydrogen-bond donors (Lipinski definition) is 1.